The number of hydrogen-bond acceptors (Lipinski definition) is 4. The van der Waals surface area contributed by atoms with Crippen LogP contribution in [0, 0.1) is 0 Å². The van der Waals surface area contributed by atoms with Crippen molar-refractivity contribution in [3.05, 3.63) is 24.3 Å². The molecule has 0 aliphatic carbocycles. The highest BCUT2D eigenvalue weighted by molar-refractivity contribution is 5.89. The van der Waals surface area contributed by atoms with E-state index in [0.29, 0.717) is 18.0 Å². The van der Waals surface area contributed by atoms with Gasteiger partial charge in [0.15, 0.2) is 0 Å². The molecule has 1 rings (SSSR count). The molecule has 0 fully saturated rings. The zero-order chi connectivity index (χ0) is 14.3. The zero-order valence-corrected chi connectivity index (χ0v) is 11.3. The van der Waals surface area contributed by atoms with Crippen molar-refractivity contribution in [2.45, 2.75) is 6.42 Å². The molecule has 0 spiro atoms. The molecular formula is C13H18N2O4. The molecule has 19 heavy (non-hydrogen) atoms. The van der Waals surface area contributed by atoms with E-state index in [-0.39, 0.29) is 18.4 Å². The number of carbonyl (C=O) groups is 2. The van der Waals surface area contributed by atoms with Gasteiger partial charge < -0.3 is 19.7 Å². The lowest BCUT2D eigenvalue weighted by Gasteiger charge is -2.17. The minimum absolute atomic E-state index is 0.165. The standard InChI is InChI=1S/C13H18N2O4/c1-15(8-7-12(16)19-3)13(17)14-10-5-4-6-11(9-10)18-2/h4-6,9H,7-8H2,1-3H3,(H,14,17). The number of nitrogens with one attached hydrogen (secondary N) is 1. The SMILES string of the molecule is COC(=O)CCN(C)C(=O)Nc1cccc(OC)c1. The number of anilines is 1. The van der Waals surface area contributed by atoms with Gasteiger partial charge in [-0.2, -0.15) is 0 Å². The molecule has 6 heteroatoms. The van der Waals surface area contributed by atoms with Gasteiger partial charge in [-0.05, 0) is 12.1 Å². The first-order valence-corrected chi connectivity index (χ1v) is 5.79. The van der Waals surface area contributed by atoms with Crippen LogP contribution in [0.3, 0.4) is 0 Å². The first-order valence-electron chi connectivity index (χ1n) is 5.79. The average Bonchev–Trinajstić information content (AvgIpc) is 2.44. The fraction of sp³-hybridized carbons (Fsp3) is 0.385. The minimum atomic E-state index is -0.346. The van der Waals surface area contributed by atoms with Gasteiger partial charge in [0, 0.05) is 25.3 Å². The molecule has 2 amide bonds. The second-order valence-corrected chi connectivity index (χ2v) is 3.91. The van der Waals surface area contributed by atoms with E-state index in [1.165, 1.54) is 12.0 Å². The summed E-state index contributed by atoms with van der Waals surface area (Å²) in [5, 5.41) is 2.71. The average molecular weight is 266 g/mol. The summed E-state index contributed by atoms with van der Waals surface area (Å²) in [6.07, 6.45) is 0.165. The highest BCUT2D eigenvalue weighted by atomic mass is 16.5. The molecule has 104 valence electrons. The van der Waals surface area contributed by atoms with Crippen LogP contribution in [-0.2, 0) is 9.53 Å². The van der Waals surface area contributed by atoms with Crippen molar-refractivity contribution in [3.63, 3.8) is 0 Å². The highest BCUT2D eigenvalue weighted by Gasteiger charge is 2.11. The van der Waals surface area contributed by atoms with Crippen molar-refractivity contribution in [2.75, 3.05) is 33.1 Å². The number of ether oxygens (including phenoxy) is 2. The lowest BCUT2D eigenvalue weighted by atomic mass is 10.3. The third-order valence-electron chi connectivity index (χ3n) is 2.55. The highest BCUT2D eigenvalue weighted by Crippen LogP contribution is 2.16. The van der Waals surface area contributed by atoms with Crippen LogP contribution >= 0.6 is 0 Å². The third-order valence-corrected chi connectivity index (χ3v) is 2.55. The Kier molecular flexibility index (Phi) is 5.66. The predicted octanol–water partition coefficient (Wildman–Crippen LogP) is 1.72. The second kappa shape index (κ2) is 7.25. The summed E-state index contributed by atoms with van der Waals surface area (Å²) in [6, 6.07) is 6.75. The Labute approximate surface area is 112 Å². The fourth-order valence-corrected chi connectivity index (χ4v) is 1.38. The summed E-state index contributed by atoms with van der Waals surface area (Å²) >= 11 is 0. The molecule has 1 N–H and O–H groups in total. The first kappa shape index (κ1) is 14.8. The van der Waals surface area contributed by atoms with Crippen LogP contribution < -0.4 is 10.1 Å². The molecule has 0 aliphatic rings. The summed E-state index contributed by atoms with van der Waals surface area (Å²) in [5.41, 5.74) is 0.634. The van der Waals surface area contributed by atoms with E-state index in [2.05, 4.69) is 10.1 Å². The quantitative estimate of drug-likeness (QED) is 0.824. The lowest BCUT2D eigenvalue weighted by molar-refractivity contribution is -0.140. The number of methoxy groups -OCH3 is 2. The smallest absolute Gasteiger partial charge is 0.321 e. The summed E-state index contributed by atoms with van der Waals surface area (Å²) in [7, 11) is 4.49. The van der Waals surface area contributed by atoms with Crippen LogP contribution in [0.1, 0.15) is 6.42 Å². The van der Waals surface area contributed by atoms with Crippen LogP contribution in [0.2, 0.25) is 0 Å². The molecule has 0 aromatic heterocycles. The van der Waals surface area contributed by atoms with Crippen molar-refractivity contribution in [1.29, 1.82) is 0 Å². The van der Waals surface area contributed by atoms with Crippen LogP contribution in [0.4, 0.5) is 10.5 Å². The molecule has 0 heterocycles. The van der Waals surface area contributed by atoms with Crippen LogP contribution in [0.25, 0.3) is 0 Å². The van der Waals surface area contributed by atoms with Gasteiger partial charge in [-0.25, -0.2) is 4.79 Å². The Morgan fingerprint density at radius 2 is 2.05 bits per heavy atom. The molecule has 6 nitrogen and oxygen atoms in total. The molecule has 1 aromatic rings. The van der Waals surface area contributed by atoms with Crippen molar-refractivity contribution in [2.24, 2.45) is 0 Å². The minimum Gasteiger partial charge on any atom is -0.497 e. The van der Waals surface area contributed by atoms with Gasteiger partial charge in [0.05, 0.1) is 20.6 Å². The van der Waals surface area contributed by atoms with E-state index in [0.717, 1.165) is 0 Å². The second-order valence-electron chi connectivity index (χ2n) is 3.91. The van der Waals surface area contributed by atoms with Gasteiger partial charge in [0.25, 0.3) is 0 Å². The van der Waals surface area contributed by atoms with Gasteiger partial charge in [-0.15, -0.1) is 0 Å². The van der Waals surface area contributed by atoms with Crippen molar-refractivity contribution in [1.82, 2.24) is 4.90 Å². The van der Waals surface area contributed by atoms with Crippen molar-refractivity contribution in [3.8, 4) is 5.75 Å². The van der Waals surface area contributed by atoms with E-state index < -0.39 is 0 Å². The molecule has 0 bridgehead atoms. The molecule has 0 aliphatic heterocycles. The molecule has 1 aromatic carbocycles. The number of nitrogens with zero attached hydrogens (tertiary/aromatic N) is 1. The first-order chi connectivity index (χ1) is 9.06. The maximum atomic E-state index is 11.8. The van der Waals surface area contributed by atoms with Gasteiger partial charge in [-0.1, -0.05) is 6.07 Å². The molecule has 0 saturated carbocycles. The maximum Gasteiger partial charge on any atom is 0.321 e. The Balaban J connectivity index is 2.51. The molecular weight excluding hydrogens is 248 g/mol. The van der Waals surface area contributed by atoms with Gasteiger partial charge in [-0.3, -0.25) is 4.79 Å². The maximum absolute atomic E-state index is 11.8. The third kappa shape index (κ3) is 4.87. The number of hydrogen-bond donors (Lipinski definition) is 1. The normalized spacial score (nSPS) is 9.63. The fourth-order valence-electron chi connectivity index (χ4n) is 1.38. The number of amides is 2. The Morgan fingerprint density at radius 1 is 1.32 bits per heavy atom. The van der Waals surface area contributed by atoms with Crippen molar-refractivity contribution >= 4 is 17.7 Å². The van der Waals surface area contributed by atoms with E-state index in [9.17, 15) is 9.59 Å². The summed E-state index contributed by atoms with van der Waals surface area (Å²) in [5.74, 6) is 0.316. The predicted molar refractivity (Wildman–Crippen MR) is 71.3 cm³/mol. The monoisotopic (exact) mass is 266 g/mol. The molecule has 0 atom stereocenters. The van der Waals surface area contributed by atoms with E-state index in [4.69, 9.17) is 4.74 Å². The van der Waals surface area contributed by atoms with Gasteiger partial charge in [0.2, 0.25) is 0 Å². The van der Waals surface area contributed by atoms with Crippen LogP contribution in [0.5, 0.6) is 5.75 Å². The molecule has 0 unspecified atom stereocenters. The van der Waals surface area contributed by atoms with Gasteiger partial charge in [0.1, 0.15) is 5.75 Å². The number of rotatable bonds is 5. The summed E-state index contributed by atoms with van der Waals surface area (Å²) < 4.78 is 9.58. The number of carbonyl (C=O) groups excluding carboxylic acids is 2. The van der Waals surface area contributed by atoms with E-state index in [1.54, 1.807) is 38.4 Å². The number of esters is 1. The molecule has 0 radical (unpaired) electrons. The summed E-state index contributed by atoms with van der Waals surface area (Å²) in [4.78, 5) is 24.2. The van der Waals surface area contributed by atoms with Gasteiger partial charge >= 0.3 is 12.0 Å². The van der Waals surface area contributed by atoms with E-state index in [1.807, 2.05) is 0 Å². The largest absolute Gasteiger partial charge is 0.497 e. The van der Waals surface area contributed by atoms with Crippen molar-refractivity contribution < 1.29 is 19.1 Å². The Hall–Kier alpha value is -2.24. The molecule has 0 saturated heterocycles. The number of benzene rings is 1. The van der Waals surface area contributed by atoms with Crippen LogP contribution in [-0.4, -0.2) is 44.7 Å². The Morgan fingerprint density at radius 3 is 2.68 bits per heavy atom. The van der Waals surface area contributed by atoms with Crippen LogP contribution in [0.15, 0.2) is 24.3 Å². The van der Waals surface area contributed by atoms with E-state index >= 15 is 0 Å². The lowest BCUT2D eigenvalue weighted by Crippen LogP contribution is -2.33. The Bertz CT molecular complexity index is 448. The number of urea groups is 1. The topological polar surface area (TPSA) is 67.9 Å². The zero-order valence-electron chi connectivity index (χ0n) is 11.3. The summed E-state index contributed by atoms with van der Waals surface area (Å²) in [6.45, 7) is 0.294.